The van der Waals surface area contributed by atoms with Crippen LogP contribution in [0.5, 0.6) is 5.75 Å². The van der Waals surface area contributed by atoms with Crippen LogP contribution in [0.25, 0.3) is 5.69 Å². The lowest BCUT2D eigenvalue weighted by Gasteiger charge is -2.11. The van der Waals surface area contributed by atoms with E-state index in [1.165, 1.54) is 13.1 Å². The van der Waals surface area contributed by atoms with E-state index in [1.54, 1.807) is 24.3 Å². The van der Waals surface area contributed by atoms with E-state index in [0.29, 0.717) is 18.0 Å². The molecule has 0 bridgehead atoms. The minimum atomic E-state index is -0.628. The summed E-state index contributed by atoms with van der Waals surface area (Å²) in [5, 5.41) is 17.6. The normalized spacial score (nSPS) is 10.6. The standard InChI is InChI=1S/C23H21N5O3/c1-4-31-19-11-9-18(10-12-19)28-23(30)20(13-24)16(3)21(27-28)22(29)26-25-14-17-7-5-15(2)6-8-17/h5-12,14H,4H2,1-3H3,(H,26,29)/b25-14+. The van der Waals surface area contributed by atoms with Gasteiger partial charge in [-0.05, 0) is 50.6 Å². The summed E-state index contributed by atoms with van der Waals surface area (Å²) in [5.74, 6) is 0.00683. The van der Waals surface area contributed by atoms with Crippen molar-refractivity contribution < 1.29 is 9.53 Å². The molecule has 3 aromatic rings. The van der Waals surface area contributed by atoms with E-state index < -0.39 is 11.5 Å². The Labute approximate surface area is 179 Å². The molecule has 0 atom stereocenters. The highest BCUT2D eigenvalue weighted by atomic mass is 16.5. The third kappa shape index (κ3) is 4.85. The summed E-state index contributed by atoms with van der Waals surface area (Å²) >= 11 is 0. The third-order valence-electron chi connectivity index (χ3n) is 4.51. The summed E-state index contributed by atoms with van der Waals surface area (Å²) in [6.07, 6.45) is 1.50. The molecule has 0 saturated carbocycles. The second kappa shape index (κ2) is 9.50. The molecule has 0 aliphatic rings. The van der Waals surface area contributed by atoms with Crippen molar-refractivity contribution in [1.29, 1.82) is 5.26 Å². The fourth-order valence-corrected chi connectivity index (χ4v) is 2.85. The number of nitrogens with zero attached hydrogens (tertiary/aromatic N) is 4. The SMILES string of the molecule is CCOc1ccc(-n2nc(C(=O)N/N=C/c3ccc(C)cc3)c(C)c(C#N)c2=O)cc1. The fourth-order valence-electron chi connectivity index (χ4n) is 2.85. The Bertz CT molecular complexity index is 1220. The lowest BCUT2D eigenvalue weighted by atomic mass is 10.1. The quantitative estimate of drug-likeness (QED) is 0.492. The molecular weight excluding hydrogens is 394 g/mol. The molecule has 1 heterocycles. The number of ether oxygens (including phenoxy) is 1. The van der Waals surface area contributed by atoms with Gasteiger partial charge in [0.1, 0.15) is 17.4 Å². The van der Waals surface area contributed by atoms with Gasteiger partial charge in [0.25, 0.3) is 11.5 Å². The molecule has 0 radical (unpaired) electrons. The van der Waals surface area contributed by atoms with Crippen LogP contribution < -0.4 is 15.7 Å². The van der Waals surface area contributed by atoms with Gasteiger partial charge in [0.15, 0.2) is 5.69 Å². The van der Waals surface area contributed by atoms with Gasteiger partial charge in [-0.15, -0.1) is 0 Å². The van der Waals surface area contributed by atoms with Crippen molar-refractivity contribution in [2.75, 3.05) is 6.61 Å². The number of aromatic nitrogens is 2. The van der Waals surface area contributed by atoms with E-state index in [4.69, 9.17) is 4.74 Å². The highest BCUT2D eigenvalue weighted by Gasteiger charge is 2.20. The molecule has 8 heteroatoms. The first kappa shape index (κ1) is 21.5. The van der Waals surface area contributed by atoms with Crippen molar-refractivity contribution in [1.82, 2.24) is 15.2 Å². The van der Waals surface area contributed by atoms with E-state index in [9.17, 15) is 14.9 Å². The summed E-state index contributed by atoms with van der Waals surface area (Å²) in [4.78, 5) is 25.4. The number of nitrogens with one attached hydrogen (secondary N) is 1. The molecule has 0 unspecified atom stereocenters. The Morgan fingerprint density at radius 2 is 1.87 bits per heavy atom. The number of hydrogen-bond donors (Lipinski definition) is 1. The smallest absolute Gasteiger partial charge is 0.292 e. The van der Waals surface area contributed by atoms with Gasteiger partial charge < -0.3 is 4.74 Å². The zero-order valence-electron chi connectivity index (χ0n) is 17.4. The average Bonchev–Trinajstić information content (AvgIpc) is 2.76. The molecule has 0 aliphatic heterocycles. The maximum Gasteiger partial charge on any atom is 0.292 e. The Morgan fingerprint density at radius 3 is 2.48 bits per heavy atom. The van der Waals surface area contributed by atoms with E-state index in [0.717, 1.165) is 15.8 Å². The van der Waals surface area contributed by atoms with Crippen LogP contribution in [0.2, 0.25) is 0 Å². The van der Waals surface area contributed by atoms with Gasteiger partial charge in [0, 0.05) is 5.56 Å². The second-order valence-corrected chi connectivity index (χ2v) is 6.71. The molecule has 0 saturated heterocycles. The summed E-state index contributed by atoms with van der Waals surface area (Å²) < 4.78 is 6.43. The van der Waals surface area contributed by atoms with Crippen LogP contribution in [0, 0.1) is 25.2 Å². The fraction of sp³-hybridized carbons (Fsp3) is 0.174. The van der Waals surface area contributed by atoms with Gasteiger partial charge in [-0.2, -0.15) is 20.1 Å². The van der Waals surface area contributed by atoms with Crippen LogP contribution in [-0.4, -0.2) is 28.5 Å². The number of nitriles is 1. The first-order chi connectivity index (χ1) is 14.9. The zero-order chi connectivity index (χ0) is 22.4. The number of carbonyl (C=O) groups is 1. The molecule has 3 rings (SSSR count). The number of carbonyl (C=O) groups excluding carboxylic acids is 1. The van der Waals surface area contributed by atoms with Crippen LogP contribution in [0.4, 0.5) is 0 Å². The first-order valence-corrected chi connectivity index (χ1v) is 9.62. The zero-order valence-corrected chi connectivity index (χ0v) is 17.4. The molecule has 0 spiro atoms. The minimum Gasteiger partial charge on any atom is -0.494 e. The van der Waals surface area contributed by atoms with Crippen LogP contribution >= 0.6 is 0 Å². The van der Waals surface area contributed by atoms with Gasteiger partial charge in [0.05, 0.1) is 18.5 Å². The number of hydrogen-bond acceptors (Lipinski definition) is 6. The van der Waals surface area contributed by atoms with Crippen molar-refractivity contribution in [2.45, 2.75) is 20.8 Å². The number of amides is 1. The van der Waals surface area contributed by atoms with Crippen LogP contribution in [0.1, 0.15) is 39.7 Å². The molecule has 1 amide bonds. The topological polar surface area (TPSA) is 109 Å². The van der Waals surface area contributed by atoms with E-state index in [-0.39, 0.29) is 16.8 Å². The summed E-state index contributed by atoms with van der Waals surface area (Å²) in [5.41, 5.74) is 4.10. The number of hydrazone groups is 1. The molecule has 2 aromatic carbocycles. The molecule has 31 heavy (non-hydrogen) atoms. The number of benzene rings is 2. The summed E-state index contributed by atoms with van der Waals surface area (Å²) in [7, 11) is 0. The highest BCUT2D eigenvalue weighted by molar-refractivity contribution is 5.94. The Hall–Kier alpha value is -4.25. The Morgan fingerprint density at radius 1 is 1.19 bits per heavy atom. The van der Waals surface area contributed by atoms with Crippen molar-refractivity contribution in [2.24, 2.45) is 5.10 Å². The van der Waals surface area contributed by atoms with Crippen molar-refractivity contribution in [3.05, 3.63) is 86.8 Å². The van der Waals surface area contributed by atoms with Gasteiger partial charge in [-0.1, -0.05) is 29.8 Å². The van der Waals surface area contributed by atoms with Crippen molar-refractivity contribution >= 4 is 12.1 Å². The third-order valence-corrected chi connectivity index (χ3v) is 4.51. The monoisotopic (exact) mass is 415 g/mol. The lowest BCUT2D eigenvalue weighted by molar-refractivity contribution is 0.0947. The largest absolute Gasteiger partial charge is 0.494 e. The number of rotatable bonds is 6. The predicted molar refractivity (Wildman–Crippen MR) is 117 cm³/mol. The highest BCUT2D eigenvalue weighted by Crippen LogP contribution is 2.15. The molecule has 1 aromatic heterocycles. The van der Waals surface area contributed by atoms with Gasteiger partial charge >= 0.3 is 0 Å². The van der Waals surface area contributed by atoms with Crippen LogP contribution in [0.15, 0.2) is 58.4 Å². The Balaban J connectivity index is 1.93. The van der Waals surface area contributed by atoms with Crippen LogP contribution in [-0.2, 0) is 0 Å². The van der Waals surface area contributed by atoms with E-state index in [2.05, 4.69) is 15.6 Å². The first-order valence-electron chi connectivity index (χ1n) is 9.62. The van der Waals surface area contributed by atoms with E-state index in [1.807, 2.05) is 44.2 Å². The maximum atomic E-state index is 12.7. The number of aryl methyl sites for hydroxylation is 1. The molecule has 0 aliphatic carbocycles. The minimum absolute atomic E-state index is 0.0638. The summed E-state index contributed by atoms with van der Waals surface area (Å²) in [6, 6.07) is 16.1. The lowest BCUT2D eigenvalue weighted by Crippen LogP contribution is -2.31. The predicted octanol–water partition coefficient (Wildman–Crippen LogP) is 2.88. The van der Waals surface area contributed by atoms with Crippen molar-refractivity contribution in [3.8, 4) is 17.5 Å². The summed E-state index contributed by atoms with van der Waals surface area (Å²) in [6.45, 7) is 5.86. The molecule has 156 valence electrons. The van der Waals surface area contributed by atoms with E-state index >= 15 is 0 Å². The van der Waals surface area contributed by atoms with Gasteiger partial charge in [-0.3, -0.25) is 9.59 Å². The second-order valence-electron chi connectivity index (χ2n) is 6.71. The van der Waals surface area contributed by atoms with Gasteiger partial charge in [0.2, 0.25) is 0 Å². The van der Waals surface area contributed by atoms with Crippen LogP contribution in [0.3, 0.4) is 0 Å². The van der Waals surface area contributed by atoms with Crippen molar-refractivity contribution in [3.63, 3.8) is 0 Å². The molecular formula is C23H21N5O3. The molecule has 8 nitrogen and oxygen atoms in total. The van der Waals surface area contributed by atoms with Gasteiger partial charge in [-0.25, -0.2) is 5.43 Å². The average molecular weight is 415 g/mol. The molecule has 1 N–H and O–H groups in total. The maximum absolute atomic E-state index is 12.7. The molecule has 0 fully saturated rings. The Kier molecular flexibility index (Phi) is 6.58.